The number of amides is 2. The molecule has 0 radical (unpaired) electrons. The molecule has 0 aliphatic heterocycles. The highest BCUT2D eigenvalue weighted by Gasteiger charge is 2.10. The van der Waals surface area contributed by atoms with Crippen molar-refractivity contribution >= 4 is 17.5 Å². The molecule has 2 amide bonds. The molecule has 19 heavy (non-hydrogen) atoms. The van der Waals surface area contributed by atoms with Crippen LogP contribution in [0.1, 0.15) is 32.3 Å². The fourth-order valence-corrected chi connectivity index (χ4v) is 1.58. The quantitative estimate of drug-likeness (QED) is 0.853. The highest BCUT2D eigenvalue weighted by molar-refractivity contribution is 5.95. The second-order valence-electron chi connectivity index (χ2n) is 4.57. The maximum atomic E-state index is 11.7. The zero-order valence-corrected chi connectivity index (χ0v) is 11.7. The first-order valence-electron chi connectivity index (χ1n) is 6.16. The lowest BCUT2D eigenvalue weighted by Gasteiger charge is -2.13. The number of nitrogens with one attached hydrogen (secondary N) is 2. The van der Waals surface area contributed by atoms with Crippen molar-refractivity contribution in [3.05, 3.63) is 23.8 Å². The summed E-state index contributed by atoms with van der Waals surface area (Å²) in [7, 11) is 1.55. The zero-order valence-electron chi connectivity index (χ0n) is 11.7. The van der Waals surface area contributed by atoms with E-state index in [4.69, 9.17) is 4.74 Å². The Hall–Kier alpha value is -2.04. The third-order valence-corrected chi connectivity index (χ3v) is 2.66. The van der Waals surface area contributed by atoms with Crippen LogP contribution in [0.2, 0.25) is 0 Å². The number of carbonyl (C=O) groups excluding carboxylic acids is 2. The molecule has 1 aromatic rings. The van der Waals surface area contributed by atoms with Gasteiger partial charge < -0.3 is 15.4 Å². The number of anilines is 1. The first-order chi connectivity index (χ1) is 8.93. The van der Waals surface area contributed by atoms with Gasteiger partial charge in [0.05, 0.1) is 19.3 Å². The summed E-state index contributed by atoms with van der Waals surface area (Å²) in [5.41, 5.74) is 1.72. The van der Waals surface area contributed by atoms with Crippen molar-refractivity contribution in [3.8, 4) is 5.75 Å². The minimum absolute atomic E-state index is 0.0512. The normalized spacial score (nSPS) is 10.2. The van der Waals surface area contributed by atoms with Crippen molar-refractivity contribution in [1.82, 2.24) is 5.32 Å². The molecule has 0 fully saturated rings. The number of hydrogen-bond donors (Lipinski definition) is 2. The third kappa shape index (κ3) is 4.62. The molecule has 104 valence electrons. The van der Waals surface area contributed by atoms with Gasteiger partial charge in [0.25, 0.3) is 0 Å². The number of methoxy groups -OCH3 is 1. The van der Waals surface area contributed by atoms with Crippen LogP contribution in [-0.2, 0) is 9.59 Å². The SMILES string of the molecule is COc1ccc(C(C)C)cc1NC(=O)CNC(C)=O. The predicted octanol–water partition coefficient (Wildman–Crippen LogP) is 1.89. The maximum absolute atomic E-state index is 11.7. The summed E-state index contributed by atoms with van der Waals surface area (Å²) in [5.74, 6) is 0.435. The van der Waals surface area contributed by atoms with Crippen LogP contribution in [0.3, 0.4) is 0 Å². The summed E-state index contributed by atoms with van der Waals surface area (Å²) in [5, 5.41) is 5.18. The van der Waals surface area contributed by atoms with Gasteiger partial charge in [0.2, 0.25) is 11.8 Å². The average molecular weight is 264 g/mol. The number of carbonyl (C=O) groups is 2. The maximum Gasteiger partial charge on any atom is 0.243 e. The molecule has 0 bridgehead atoms. The summed E-state index contributed by atoms with van der Waals surface area (Å²) in [4.78, 5) is 22.4. The summed E-state index contributed by atoms with van der Waals surface area (Å²) in [6.07, 6.45) is 0. The van der Waals surface area contributed by atoms with E-state index in [9.17, 15) is 9.59 Å². The Morgan fingerprint density at radius 3 is 2.53 bits per heavy atom. The van der Waals surface area contributed by atoms with E-state index in [0.29, 0.717) is 17.4 Å². The van der Waals surface area contributed by atoms with Gasteiger partial charge in [-0.25, -0.2) is 0 Å². The third-order valence-electron chi connectivity index (χ3n) is 2.66. The number of hydrogen-bond acceptors (Lipinski definition) is 3. The van der Waals surface area contributed by atoms with E-state index in [2.05, 4.69) is 24.5 Å². The van der Waals surface area contributed by atoms with Crippen LogP contribution < -0.4 is 15.4 Å². The molecule has 0 aliphatic carbocycles. The van der Waals surface area contributed by atoms with Gasteiger partial charge in [-0.2, -0.15) is 0 Å². The molecular formula is C14H20N2O3. The molecule has 5 nitrogen and oxygen atoms in total. The van der Waals surface area contributed by atoms with Gasteiger partial charge in [-0.3, -0.25) is 9.59 Å². The zero-order chi connectivity index (χ0) is 14.4. The van der Waals surface area contributed by atoms with E-state index in [1.807, 2.05) is 18.2 Å². The Morgan fingerprint density at radius 1 is 1.32 bits per heavy atom. The first-order valence-corrected chi connectivity index (χ1v) is 6.16. The van der Waals surface area contributed by atoms with Gasteiger partial charge in [-0.1, -0.05) is 19.9 Å². The lowest BCUT2D eigenvalue weighted by atomic mass is 10.0. The molecule has 1 rings (SSSR count). The minimum atomic E-state index is -0.283. The second kappa shape index (κ2) is 6.78. The van der Waals surface area contributed by atoms with Crippen LogP contribution in [0.4, 0.5) is 5.69 Å². The van der Waals surface area contributed by atoms with Crippen LogP contribution in [0.5, 0.6) is 5.75 Å². The standard InChI is InChI=1S/C14H20N2O3/c1-9(2)11-5-6-13(19-4)12(7-11)16-14(18)8-15-10(3)17/h5-7,9H,8H2,1-4H3,(H,15,17)(H,16,18). The van der Waals surface area contributed by atoms with Gasteiger partial charge in [-0.05, 0) is 23.6 Å². The monoisotopic (exact) mass is 264 g/mol. The Kier molecular flexibility index (Phi) is 5.36. The van der Waals surface area contributed by atoms with Crippen LogP contribution in [-0.4, -0.2) is 25.5 Å². The second-order valence-corrected chi connectivity index (χ2v) is 4.57. The molecular weight excluding hydrogens is 244 g/mol. The van der Waals surface area contributed by atoms with Crippen molar-refractivity contribution in [2.45, 2.75) is 26.7 Å². The fourth-order valence-electron chi connectivity index (χ4n) is 1.58. The van der Waals surface area contributed by atoms with E-state index < -0.39 is 0 Å². The minimum Gasteiger partial charge on any atom is -0.495 e. The topological polar surface area (TPSA) is 67.4 Å². The first kappa shape index (κ1) is 15.0. The summed E-state index contributed by atoms with van der Waals surface area (Å²) in [6.45, 7) is 5.47. The molecule has 1 aromatic carbocycles. The lowest BCUT2D eigenvalue weighted by molar-refractivity contribution is -0.122. The summed E-state index contributed by atoms with van der Waals surface area (Å²) >= 11 is 0. The Labute approximate surface area is 113 Å². The van der Waals surface area contributed by atoms with Crippen LogP contribution in [0, 0.1) is 0 Å². The number of ether oxygens (including phenoxy) is 1. The molecule has 0 spiro atoms. The van der Waals surface area contributed by atoms with Gasteiger partial charge in [0.1, 0.15) is 5.75 Å². The summed E-state index contributed by atoms with van der Waals surface area (Å²) in [6, 6.07) is 5.67. The summed E-state index contributed by atoms with van der Waals surface area (Å²) < 4.78 is 5.20. The smallest absolute Gasteiger partial charge is 0.243 e. The largest absolute Gasteiger partial charge is 0.495 e. The van der Waals surface area contributed by atoms with Crippen molar-refractivity contribution < 1.29 is 14.3 Å². The van der Waals surface area contributed by atoms with Crippen molar-refractivity contribution in [2.75, 3.05) is 19.0 Å². The predicted molar refractivity (Wildman–Crippen MR) is 74.4 cm³/mol. The number of benzene rings is 1. The Balaban J connectivity index is 2.82. The van der Waals surface area contributed by atoms with Crippen molar-refractivity contribution in [2.24, 2.45) is 0 Å². The average Bonchev–Trinajstić information content (AvgIpc) is 2.36. The molecule has 0 saturated carbocycles. The van der Waals surface area contributed by atoms with E-state index in [0.717, 1.165) is 5.56 Å². The van der Waals surface area contributed by atoms with Gasteiger partial charge >= 0.3 is 0 Å². The van der Waals surface area contributed by atoms with Crippen LogP contribution in [0.15, 0.2) is 18.2 Å². The van der Waals surface area contributed by atoms with E-state index in [-0.39, 0.29) is 18.4 Å². The molecule has 0 atom stereocenters. The Morgan fingerprint density at radius 2 is 2.00 bits per heavy atom. The highest BCUT2D eigenvalue weighted by Crippen LogP contribution is 2.28. The van der Waals surface area contributed by atoms with Crippen LogP contribution >= 0.6 is 0 Å². The van der Waals surface area contributed by atoms with Crippen LogP contribution in [0.25, 0.3) is 0 Å². The Bertz CT molecular complexity index is 470. The van der Waals surface area contributed by atoms with E-state index in [1.54, 1.807) is 7.11 Å². The van der Waals surface area contributed by atoms with Gasteiger partial charge in [0.15, 0.2) is 0 Å². The molecule has 0 aliphatic rings. The van der Waals surface area contributed by atoms with Gasteiger partial charge in [-0.15, -0.1) is 0 Å². The fraction of sp³-hybridized carbons (Fsp3) is 0.429. The molecule has 0 heterocycles. The molecule has 0 unspecified atom stereocenters. The van der Waals surface area contributed by atoms with Crippen molar-refractivity contribution in [1.29, 1.82) is 0 Å². The molecule has 5 heteroatoms. The highest BCUT2D eigenvalue weighted by atomic mass is 16.5. The molecule has 2 N–H and O–H groups in total. The van der Waals surface area contributed by atoms with E-state index in [1.165, 1.54) is 6.92 Å². The lowest BCUT2D eigenvalue weighted by Crippen LogP contribution is -2.31. The number of rotatable bonds is 5. The van der Waals surface area contributed by atoms with Gasteiger partial charge in [0, 0.05) is 6.92 Å². The molecule has 0 saturated heterocycles. The molecule has 0 aromatic heterocycles. The van der Waals surface area contributed by atoms with E-state index >= 15 is 0 Å². The van der Waals surface area contributed by atoms with Crippen molar-refractivity contribution in [3.63, 3.8) is 0 Å².